The Labute approximate surface area is 112 Å². The standard InChI is InChI=1S/C11H19NO6S/c1-18-10(13)7-9(11(14)15)12-19(16,17)8-5-3-2-4-6-8/h8-9,12H,2-7H2,1H3,(H,14,15)/t9-/m0/s1. The lowest BCUT2D eigenvalue weighted by Gasteiger charge is -2.23. The number of carbonyl (C=O) groups is 2. The number of ether oxygens (including phenoxy) is 1. The van der Waals surface area contributed by atoms with Gasteiger partial charge in [0.15, 0.2) is 0 Å². The van der Waals surface area contributed by atoms with E-state index in [9.17, 15) is 18.0 Å². The minimum absolute atomic E-state index is 0.516. The molecule has 1 aliphatic rings. The molecule has 1 rings (SSSR count). The average molecular weight is 293 g/mol. The number of esters is 1. The molecule has 1 fully saturated rings. The summed E-state index contributed by atoms with van der Waals surface area (Å²) < 4.78 is 30.5. The molecule has 0 saturated heterocycles. The van der Waals surface area contributed by atoms with Crippen molar-refractivity contribution in [1.29, 1.82) is 0 Å². The molecule has 19 heavy (non-hydrogen) atoms. The molecule has 8 heteroatoms. The molecule has 0 bridgehead atoms. The SMILES string of the molecule is COC(=O)C[C@H](NS(=O)(=O)C1CCCCC1)C(=O)O. The van der Waals surface area contributed by atoms with Gasteiger partial charge in [0, 0.05) is 0 Å². The number of aliphatic carboxylic acids is 1. The van der Waals surface area contributed by atoms with Gasteiger partial charge in [-0.05, 0) is 12.8 Å². The van der Waals surface area contributed by atoms with Crippen molar-refractivity contribution in [3.8, 4) is 0 Å². The number of carboxylic acid groups (broad SMARTS) is 1. The third kappa shape index (κ3) is 4.79. The van der Waals surface area contributed by atoms with Crippen molar-refractivity contribution < 1.29 is 27.9 Å². The van der Waals surface area contributed by atoms with E-state index < -0.39 is 39.7 Å². The number of methoxy groups -OCH3 is 1. The van der Waals surface area contributed by atoms with Crippen LogP contribution in [0.15, 0.2) is 0 Å². The highest BCUT2D eigenvalue weighted by Gasteiger charge is 2.33. The van der Waals surface area contributed by atoms with E-state index in [-0.39, 0.29) is 0 Å². The molecule has 2 N–H and O–H groups in total. The third-order valence-electron chi connectivity index (χ3n) is 3.19. The van der Waals surface area contributed by atoms with Gasteiger partial charge in [0.05, 0.1) is 18.8 Å². The molecule has 0 heterocycles. The fourth-order valence-electron chi connectivity index (χ4n) is 2.10. The summed E-state index contributed by atoms with van der Waals surface area (Å²) >= 11 is 0. The average Bonchev–Trinajstić information content (AvgIpc) is 2.38. The Morgan fingerprint density at radius 1 is 1.32 bits per heavy atom. The largest absolute Gasteiger partial charge is 0.480 e. The van der Waals surface area contributed by atoms with Crippen molar-refractivity contribution in [2.45, 2.75) is 49.8 Å². The number of nitrogens with one attached hydrogen (secondary N) is 1. The van der Waals surface area contributed by atoms with Crippen LogP contribution in [0.1, 0.15) is 38.5 Å². The summed E-state index contributed by atoms with van der Waals surface area (Å²) in [7, 11) is -2.60. The number of carboxylic acids is 1. The second-order valence-corrected chi connectivity index (χ2v) is 6.59. The molecule has 0 unspecified atom stereocenters. The van der Waals surface area contributed by atoms with Crippen LogP contribution in [0.5, 0.6) is 0 Å². The van der Waals surface area contributed by atoms with Crippen molar-refractivity contribution in [2.24, 2.45) is 0 Å². The molecule has 1 aliphatic carbocycles. The molecule has 0 aromatic carbocycles. The maximum Gasteiger partial charge on any atom is 0.322 e. The Morgan fingerprint density at radius 2 is 1.89 bits per heavy atom. The normalized spacial score (nSPS) is 18.8. The van der Waals surface area contributed by atoms with Crippen molar-refractivity contribution in [2.75, 3.05) is 7.11 Å². The maximum absolute atomic E-state index is 12.0. The zero-order chi connectivity index (χ0) is 14.5. The zero-order valence-corrected chi connectivity index (χ0v) is 11.6. The second-order valence-electron chi connectivity index (χ2n) is 4.59. The number of hydrogen-bond donors (Lipinski definition) is 2. The van der Waals surface area contributed by atoms with E-state index in [2.05, 4.69) is 9.46 Å². The molecule has 0 aromatic rings. The van der Waals surface area contributed by atoms with E-state index in [0.717, 1.165) is 26.4 Å². The molecular weight excluding hydrogens is 274 g/mol. The van der Waals surface area contributed by atoms with Crippen molar-refractivity contribution in [1.82, 2.24) is 4.72 Å². The highest BCUT2D eigenvalue weighted by molar-refractivity contribution is 7.90. The van der Waals surface area contributed by atoms with Crippen molar-refractivity contribution >= 4 is 22.0 Å². The molecule has 0 spiro atoms. The van der Waals surface area contributed by atoms with Gasteiger partial charge in [0.25, 0.3) is 0 Å². The Kier molecular flexibility index (Phi) is 5.74. The predicted octanol–water partition coefficient (Wildman–Crippen LogP) is 0.255. The lowest BCUT2D eigenvalue weighted by molar-refractivity contribution is -0.147. The van der Waals surface area contributed by atoms with E-state index >= 15 is 0 Å². The molecule has 110 valence electrons. The Bertz CT molecular complexity index is 426. The van der Waals surface area contributed by atoms with E-state index in [1.165, 1.54) is 0 Å². The summed E-state index contributed by atoms with van der Waals surface area (Å²) in [6.07, 6.45) is 3.18. The second kappa shape index (κ2) is 6.85. The van der Waals surface area contributed by atoms with Gasteiger partial charge in [0.2, 0.25) is 10.0 Å². The predicted molar refractivity (Wildman–Crippen MR) is 67.0 cm³/mol. The quantitative estimate of drug-likeness (QED) is 0.679. The summed E-state index contributed by atoms with van der Waals surface area (Å²) in [5.41, 5.74) is 0. The minimum atomic E-state index is -3.72. The molecule has 1 saturated carbocycles. The topological polar surface area (TPSA) is 110 Å². The first-order valence-corrected chi connectivity index (χ1v) is 7.72. The van der Waals surface area contributed by atoms with Crippen LogP contribution in [0, 0.1) is 0 Å². The van der Waals surface area contributed by atoms with E-state index in [0.29, 0.717) is 12.8 Å². The van der Waals surface area contributed by atoms with E-state index in [1.807, 2.05) is 0 Å². The lowest BCUT2D eigenvalue weighted by atomic mass is 10.0. The van der Waals surface area contributed by atoms with Gasteiger partial charge in [-0.1, -0.05) is 19.3 Å². The van der Waals surface area contributed by atoms with Crippen LogP contribution >= 0.6 is 0 Å². The summed E-state index contributed by atoms with van der Waals surface area (Å²) in [5.74, 6) is -2.15. The number of sulfonamides is 1. The smallest absolute Gasteiger partial charge is 0.322 e. The van der Waals surface area contributed by atoms with Crippen molar-refractivity contribution in [3.05, 3.63) is 0 Å². The maximum atomic E-state index is 12.0. The first kappa shape index (κ1) is 15.9. The van der Waals surface area contributed by atoms with Gasteiger partial charge in [-0.25, -0.2) is 13.1 Å². The molecular formula is C11H19NO6S. The summed E-state index contributed by atoms with van der Waals surface area (Å²) in [6.45, 7) is 0. The molecule has 0 radical (unpaired) electrons. The van der Waals surface area contributed by atoms with Crippen LogP contribution in [0.3, 0.4) is 0 Å². The van der Waals surface area contributed by atoms with Crippen molar-refractivity contribution in [3.63, 3.8) is 0 Å². The molecule has 0 aliphatic heterocycles. The summed E-state index contributed by atoms with van der Waals surface area (Å²) in [5, 5.41) is 8.38. The fourth-order valence-corrected chi connectivity index (χ4v) is 3.83. The molecule has 0 amide bonds. The number of rotatable bonds is 6. The Hall–Kier alpha value is -1.15. The molecule has 7 nitrogen and oxygen atoms in total. The van der Waals surface area contributed by atoms with Gasteiger partial charge in [-0.15, -0.1) is 0 Å². The van der Waals surface area contributed by atoms with E-state index in [1.54, 1.807) is 0 Å². The van der Waals surface area contributed by atoms with Gasteiger partial charge >= 0.3 is 11.9 Å². The highest BCUT2D eigenvalue weighted by Crippen LogP contribution is 2.23. The van der Waals surface area contributed by atoms with Crippen LogP contribution in [0.25, 0.3) is 0 Å². The first-order chi connectivity index (χ1) is 8.86. The highest BCUT2D eigenvalue weighted by atomic mass is 32.2. The Balaban J connectivity index is 2.71. The van der Waals surface area contributed by atoms with Gasteiger partial charge in [0.1, 0.15) is 6.04 Å². The van der Waals surface area contributed by atoms with Gasteiger partial charge < -0.3 is 9.84 Å². The summed E-state index contributed by atoms with van der Waals surface area (Å²) in [6, 6.07) is -1.47. The zero-order valence-electron chi connectivity index (χ0n) is 10.8. The number of carbonyl (C=O) groups excluding carboxylic acids is 1. The van der Waals surface area contributed by atoms with Crippen LogP contribution < -0.4 is 4.72 Å². The third-order valence-corrected chi connectivity index (χ3v) is 5.16. The number of hydrogen-bond acceptors (Lipinski definition) is 5. The first-order valence-electron chi connectivity index (χ1n) is 6.17. The fraction of sp³-hybridized carbons (Fsp3) is 0.818. The van der Waals surface area contributed by atoms with Crippen LogP contribution in [0.4, 0.5) is 0 Å². The van der Waals surface area contributed by atoms with Crippen LogP contribution in [-0.2, 0) is 24.3 Å². The van der Waals surface area contributed by atoms with Gasteiger partial charge in [-0.2, -0.15) is 0 Å². The van der Waals surface area contributed by atoms with Gasteiger partial charge in [-0.3, -0.25) is 9.59 Å². The monoisotopic (exact) mass is 293 g/mol. The van der Waals surface area contributed by atoms with Crippen LogP contribution in [-0.4, -0.2) is 43.9 Å². The Morgan fingerprint density at radius 3 is 2.37 bits per heavy atom. The minimum Gasteiger partial charge on any atom is -0.480 e. The van der Waals surface area contributed by atoms with Crippen LogP contribution in [0.2, 0.25) is 0 Å². The molecule has 1 atom stereocenters. The summed E-state index contributed by atoms with van der Waals surface area (Å²) in [4.78, 5) is 22.0. The van der Waals surface area contributed by atoms with E-state index in [4.69, 9.17) is 5.11 Å². The molecule has 0 aromatic heterocycles. The lowest BCUT2D eigenvalue weighted by Crippen LogP contribution is -2.46.